The highest BCUT2D eigenvalue weighted by molar-refractivity contribution is 5.29. The molecule has 13 heavy (non-hydrogen) atoms. The zero-order valence-corrected chi connectivity index (χ0v) is 8.03. The first-order chi connectivity index (χ1) is 6.29. The largest absolute Gasteiger partial charge is 0.493 e. The van der Waals surface area contributed by atoms with Crippen LogP contribution in [0.2, 0.25) is 0 Å². The van der Waals surface area contributed by atoms with E-state index in [9.17, 15) is 0 Å². The minimum absolute atomic E-state index is 0.223. The zero-order valence-electron chi connectivity index (χ0n) is 8.03. The number of benzene rings is 1. The predicted molar refractivity (Wildman–Crippen MR) is 53.3 cm³/mol. The molecule has 0 radical (unpaired) electrons. The molecule has 0 fully saturated rings. The number of ether oxygens (including phenoxy) is 1. The highest BCUT2D eigenvalue weighted by Crippen LogP contribution is 2.33. The van der Waals surface area contributed by atoms with E-state index in [1.807, 2.05) is 6.26 Å². The molecule has 2 rings (SSSR count). The van der Waals surface area contributed by atoms with Gasteiger partial charge in [0, 0.05) is 5.92 Å². The third kappa shape index (κ3) is 1.46. The fraction of sp³-hybridized carbons (Fsp3) is 0.333. The first kappa shape index (κ1) is 8.36. The average molecular weight is 174 g/mol. The van der Waals surface area contributed by atoms with Crippen LogP contribution < -0.4 is 0 Å². The van der Waals surface area contributed by atoms with Gasteiger partial charge in [0.15, 0.2) is 0 Å². The van der Waals surface area contributed by atoms with Crippen molar-refractivity contribution in [1.29, 1.82) is 0 Å². The molecular formula is C12H14O. The van der Waals surface area contributed by atoms with E-state index in [0.29, 0.717) is 5.92 Å². The van der Waals surface area contributed by atoms with Crippen LogP contribution in [0.3, 0.4) is 0 Å². The van der Waals surface area contributed by atoms with Crippen LogP contribution in [0.5, 0.6) is 0 Å². The van der Waals surface area contributed by atoms with Crippen LogP contribution in [0.4, 0.5) is 0 Å². The molecule has 0 spiro atoms. The SMILES string of the molecule is Cc1ccccc1[C@@H]1OC=C[C@H]1C. The second-order valence-corrected chi connectivity index (χ2v) is 3.60. The van der Waals surface area contributed by atoms with E-state index in [0.717, 1.165) is 0 Å². The topological polar surface area (TPSA) is 9.23 Å². The summed E-state index contributed by atoms with van der Waals surface area (Å²) in [4.78, 5) is 0. The molecule has 1 heterocycles. The molecule has 0 saturated carbocycles. The van der Waals surface area contributed by atoms with Crippen molar-refractivity contribution in [3.8, 4) is 0 Å². The number of aryl methyl sites for hydroxylation is 1. The van der Waals surface area contributed by atoms with E-state index in [2.05, 4.69) is 44.2 Å². The van der Waals surface area contributed by atoms with Gasteiger partial charge in [0.1, 0.15) is 6.10 Å². The van der Waals surface area contributed by atoms with Crippen LogP contribution in [0.1, 0.15) is 24.2 Å². The Morgan fingerprint density at radius 2 is 2.00 bits per heavy atom. The predicted octanol–water partition coefficient (Wildman–Crippen LogP) is 3.22. The number of rotatable bonds is 1. The maximum atomic E-state index is 5.55. The Balaban J connectivity index is 2.31. The monoisotopic (exact) mass is 174 g/mol. The molecule has 1 aromatic rings. The van der Waals surface area contributed by atoms with E-state index in [1.54, 1.807) is 0 Å². The van der Waals surface area contributed by atoms with Crippen LogP contribution in [0, 0.1) is 12.8 Å². The average Bonchev–Trinajstić information content (AvgIpc) is 2.52. The Kier molecular flexibility index (Phi) is 2.09. The second-order valence-electron chi connectivity index (χ2n) is 3.60. The Morgan fingerprint density at radius 1 is 1.23 bits per heavy atom. The van der Waals surface area contributed by atoms with Gasteiger partial charge in [-0.25, -0.2) is 0 Å². The molecule has 0 saturated heterocycles. The van der Waals surface area contributed by atoms with Crippen LogP contribution in [0.25, 0.3) is 0 Å². The molecule has 0 N–H and O–H groups in total. The van der Waals surface area contributed by atoms with Gasteiger partial charge in [-0.2, -0.15) is 0 Å². The quantitative estimate of drug-likeness (QED) is 0.635. The van der Waals surface area contributed by atoms with E-state index in [4.69, 9.17) is 4.74 Å². The minimum Gasteiger partial charge on any atom is -0.493 e. The zero-order chi connectivity index (χ0) is 9.26. The number of hydrogen-bond acceptors (Lipinski definition) is 1. The van der Waals surface area contributed by atoms with Gasteiger partial charge in [0.25, 0.3) is 0 Å². The summed E-state index contributed by atoms with van der Waals surface area (Å²) in [6.07, 6.45) is 4.14. The van der Waals surface area contributed by atoms with Crippen molar-refractivity contribution in [3.63, 3.8) is 0 Å². The van der Waals surface area contributed by atoms with Crippen molar-refractivity contribution in [3.05, 3.63) is 47.7 Å². The molecule has 0 unspecified atom stereocenters. The maximum absolute atomic E-state index is 5.55. The normalized spacial score (nSPS) is 26.0. The van der Waals surface area contributed by atoms with Crippen molar-refractivity contribution in [2.24, 2.45) is 5.92 Å². The summed E-state index contributed by atoms with van der Waals surface area (Å²) in [5, 5.41) is 0. The molecule has 68 valence electrons. The van der Waals surface area contributed by atoms with Crippen LogP contribution >= 0.6 is 0 Å². The lowest BCUT2D eigenvalue weighted by molar-refractivity contribution is 0.141. The summed E-state index contributed by atoms with van der Waals surface area (Å²) >= 11 is 0. The van der Waals surface area contributed by atoms with Gasteiger partial charge in [0.05, 0.1) is 6.26 Å². The van der Waals surface area contributed by atoms with Crippen molar-refractivity contribution in [1.82, 2.24) is 0 Å². The number of hydrogen-bond donors (Lipinski definition) is 0. The highest BCUT2D eigenvalue weighted by atomic mass is 16.5. The Morgan fingerprint density at radius 3 is 2.62 bits per heavy atom. The minimum atomic E-state index is 0.223. The van der Waals surface area contributed by atoms with E-state index in [-0.39, 0.29) is 6.10 Å². The molecule has 1 aliphatic heterocycles. The Labute approximate surface area is 79.0 Å². The molecule has 0 aliphatic carbocycles. The first-order valence-electron chi connectivity index (χ1n) is 4.66. The van der Waals surface area contributed by atoms with Gasteiger partial charge in [-0.3, -0.25) is 0 Å². The molecule has 0 bridgehead atoms. The summed E-state index contributed by atoms with van der Waals surface area (Å²) in [5.41, 5.74) is 2.61. The first-order valence-corrected chi connectivity index (χ1v) is 4.66. The molecule has 1 aromatic carbocycles. The lowest BCUT2D eigenvalue weighted by Crippen LogP contribution is -2.05. The maximum Gasteiger partial charge on any atom is 0.129 e. The van der Waals surface area contributed by atoms with Crippen molar-refractivity contribution in [2.75, 3.05) is 0 Å². The van der Waals surface area contributed by atoms with Crippen LogP contribution in [-0.2, 0) is 4.74 Å². The Hall–Kier alpha value is -1.24. The molecule has 0 aromatic heterocycles. The summed E-state index contributed by atoms with van der Waals surface area (Å²) in [7, 11) is 0. The van der Waals surface area contributed by atoms with E-state index < -0.39 is 0 Å². The fourth-order valence-electron chi connectivity index (χ4n) is 1.74. The molecule has 1 aliphatic rings. The molecule has 2 atom stereocenters. The van der Waals surface area contributed by atoms with Crippen LogP contribution in [-0.4, -0.2) is 0 Å². The fourth-order valence-corrected chi connectivity index (χ4v) is 1.74. The van der Waals surface area contributed by atoms with Gasteiger partial charge >= 0.3 is 0 Å². The van der Waals surface area contributed by atoms with Crippen molar-refractivity contribution >= 4 is 0 Å². The molecule has 1 heteroatoms. The Bertz CT molecular complexity index is 328. The van der Waals surface area contributed by atoms with Gasteiger partial charge in [-0.05, 0) is 24.1 Å². The van der Waals surface area contributed by atoms with Crippen molar-refractivity contribution < 1.29 is 4.74 Å². The smallest absolute Gasteiger partial charge is 0.129 e. The summed E-state index contributed by atoms with van der Waals surface area (Å²) < 4.78 is 5.55. The molecular weight excluding hydrogens is 160 g/mol. The van der Waals surface area contributed by atoms with E-state index >= 15 is 0 Å². The molecule has 0 amide bonds. The van der Waals surface area contributed by atoms with Crippen LogP contribution in [0.15, 0.2) is 36.6 Å². The summed E-state index contributed by atoms with van der Waals surface area (Å²) in [6, 6.07) is 8.40. The lowest BCUT2D eigenvalue weighted by Gasteiger charge is -2.17. The van der Waals surface area contributed by atoms with Gasteiger partial charge in [-0.15, -0.1) is 0 Å². The third-order valence-corrected chi connectivity index (χ3v) is 2.58. The molecule has 1 nitrogen and oxygen atoms in total. The lowest BCUT2D eigenvalue weighted by atomic mass is 9.95. The van der Waals surface area contributed by atoms with Gasteiger partial charge in [-0.1, -0.05) is 31.2 Å². The standard InChI is InChI=1S/C12H14O/c1-9-5-3-4-6-11(9)12-10(2)7-8-13-12/h3-8,10,12H,1-2H3/t10-,12-/m1/s1. The third-order valence-electron chi connectivity index (χ3n) is 2.58. The summed E-state index contributed by atoms with van der Waals surface area (Å²) in [6.45, 7) is 4.31. The van der Waals surface area contributed by atoms with E-state index in [1.165, 1.54) is 11.1 Å². The van der Waals surface area contributed by atoms with Gasteiger partial charge < -0.3 is 4.74 Å². The van der Waals surface area contributed by atoms with Crippen molar-refractivity contribution in [2.45, 2.75) is 20.0 Å². The van der Waals surface area contributed by atoms with Gasteiger partial charge in [0.2, 0.25) is 0 Å². The second kappa shape index (κ2) is 3.25. The summed E-state index contributed by atoms with van der Waals surface area (Å²) in [5.74, 6) is 0.487. The highest BCUT2D eigenvalue weighted by Gasteiger charge is 2.23.